The Morgan fingerprint density at radius 1 is 1.24 bits per heavy atom. The van der Waals surface area contributed by atoms with Crippen LogP contribution < -0.4 is 4.72 Å². The molecule has 0 unspecified atom stereocenters. The Kier molecular flexibility index (Phi) is 3.18. The zero-order valence-electron chi connectivity index (χ0n) is 10.1. The molecule has 0 radical (unpaired) electrons. The molecule has 21 heavy (non-hydrogen) atoms. The standard InChI is InChI=1S/C10H6ClFN6O2S/c11-6-3-5(1-2-7(6)12)21(19,20)17-10-8-9(13-4-14-10)16-18-15-8/h1-4H,(H2,13,14,15,16,17,18). The van der Waals surface area contributed by atoms with Crippen LogP contribution in [0.3, 0.4) is 0 Å². The van der Waals surface area contributed by atoms with Gasteiger partial charge in [0.05, 0.1) is 9.92 Å². The van der Waals surface area contributed by atoms with Crippen molar-refractivity contribution >= 4 is 38.6 Å². The van der Waals surface area contributed by atoms with Crippen molar-refractivity contribution in [3.05, 3.63) is 35.4 Å². The lowest BCUT2D eigenvalue weighted by atomic mass is 10.3. The average molecular weight is 329 g/mol. The van der Waals surface area contributed by atoms with Crippen LogP contribution in [0.15, 0.2) is 29.4 Å². The minimum Gasteiger partial charge on any atom is -0.261 e. The van der Waals surface area contributed by atoms with Gasteiger partial charge in [-0.05, 0) is 18.2 Å². The Labute approximate surface area is 122 Å². The largest absolute Gasteiger partial charge is 0.263 e. The van der Waals surface area contributed by atoms with Crippen molar-refractivity contribution in [2.75, 3.05) is 4.72 Å². The predicted octanol–water partition coefficient (Wildman–Crippen LogP) is 1.34. The van der Waals surface area contributed by atoms with E-state index in [0.29, 0.717) is 0 Å². The maximum absolute atomic E-state index is 13.1. The van der Waals surface area contributed by atoms with Crippen LogP contribution in [0.4, 0.5) is 10.2 Å². The molecule has 0 amide bonds. The minimum absolute atomic E-state index is 0.0470. The first-order valence-corrected chi connectivity index (χ1v) is 7.33. The normalized spacial score (nSPS) is 11.7. The van der Waals surface area contributed by atoms with Crippen LogP contribution in [0.25, 0.3) is 11.2 Å². The van der Waals surface area contributed by atoms with Crippen LogP contribution in [0, 0.1) is 5.82 Å². The molecule has 2 aromatic heterocycles. The number of halogens is 2. The molecule has 3 rings (SSSR count). The van der Waals surface area contributed by atoms with Gasteiger partial charge in [-0.25, -0.2) is 22.8 Å². The third-order valence-corrected chi connectivity index (χ3v) is 4.18. The molecule has 3 aromatic rings. The van der Waals surface area contributed by atoms with E-state index in [-0.39, 0.29) is 26.9 Å². The number of rotatable bonds is 3. The van der Waals surface area contributed by atoms with Crippen LogP contribution in [-0.2, 0) is 10.0 Å². The Bertz CT molecular complexity index is 928. The van der Waals surface area contributed by atoms with Crippen molar-refractivity contribution in [2.24, 2.45) is 0 Å². The summed E-state index contributed by atoms with van der Waals surface area (Å²) in [5, 5.41) is 9.48. The first-order valence-electron chi connectivity index (χ1n) is 5.47. The van der Waals surface area contributed by atoms with E-state index in [1.54, 1.807) is 0 Å². The molecule has 0 spiro atoms. The number of nitrogens with zero attached hydrogens (tertiary/aromatic N) is 4. The molecule has 0 aliphatic carbocycles. The molecule has 2 heterocycles. The second-order valence-electron chi connectivity index (χ2n) is 3.90. The molecular formula is C10H6ClFN6O2S. The summed E-state index contributed by atoms with van der Waals surface area (Å²) in [6.45, 7) is 0. The molecule has 0 aliphatic heterocycles. The maximum Gasteiger partial charge on any atom is 0.263 e. The van der Waals surface area contributed by atoms with Gasteiger partial charge in [0.15, 0.2) is 11.3 Å². The Hall–Kier alpha value is -2.33. The molecular weight excluding hydrogens is 323 g/mol. The predicted molar refractivity (Wildman–Crippen MR) is 71.7 cm³/mol. The van der Waals surface area contributed by atoms with Gasteiger partial charge >= 0.3 is 0 Å². The molecule has 108 valence electrons. The van der Waals surface area contributed by atoms with Crippen molar-refractivity contribution < 1.29 is 12.8 Å². The summed E-state index contributed by atoms with van der Waals surface area (Å²) in [4.78, 5) is 7.40. The van der Waals surface area contributed by atoms with Crippen molar-refractivity contribution in [1.82, 2.24) is 25.4 Å². The molecule has 0 bridgehead atoms. The third kappa shape index (κ3) is 2.50. The van der Waals surface area contributed by atoms with E-state index in [1.807, 2.05) is 0 Å². The van der Waals surface area contributed by atoms with E-state index in [1.165, 1.54) is 0 Å². The van der Waals surface area contributed by atoms with Gasteiger partial charge in [-0.1, -0.05) is 11.6 Å². The first kappa shape index (κ1) is 13.6. The van der Waals surface area contributed by atoms with Crippen LogP contribution in [0.1, 0.15) is 0 Å². The monoisotopic (exact) mass is 328 g/mol. The van der Waals surface area contributed by atoms with Crippen molar-refractivity contribution in [3.8, 4) is 0 Å². The molecule has 1 aromatic carbocycles. The summed E-state index contributed by atoms with van der Waals surface area (Å²) >= 11 is 5.58. The summed E-state index contributed by atoms with van der Waals surface area (Å²) < 4.78 is 39.8. The first-order chi connectivity index (χ1) is 9.97. The van der Waals surface area contributed by atoms with Gasteiger partial charge in [0.25, 0.3) is 10.0 Å². The van der Waals surface area contributed by atoms with Crippen LogP contribution in [-0.4, -0.2) is 33.8 Å². The van der Waals surface area contributed by atoms with Gasteiger partial charge in [0.2, 0.25) is 5.65 Å². The number of sulfonamides is 1. The Morgan fingerprint density at radius 3 is 2.81 bits per heavy atom. The van der Waals surface area contributed by atoms with E-state index in [2.05, 4.69) is 30.1 Å². The highest BCUT2D eigenvalue weighted by molar-refractivity contribution is 7.92. The van der Waals surface area contributed by atoms with Crippen LogP contribution >= 0.6 is 11.6 Å². The fourth-order valence-electron chi connectivity index (χ4n) is 1.58. The molecule has 11 heteroatoms. The summed E-state index contributed by atoms with van der Waals surface area (Å²) in [6.07, 6.45) is 1.14. The topological polar surface area (TPSA) is 114 Å². The second-order valence-corrected chi connectivity index (χ2v) is 5.99. The van der Waals surface area contributed by atoms with Gasteiger partial charge in [-0.3, -0.25) is 4.72 Å². The highest BCUT2D eigenvalue weighted by Gasteiger charge is 2.19. The highest BCUT2D eigenvalue weighted by Crippen LogP contribution is 2.22. The summed E-state index contributed by atoms with van der Waals surface area (Å²) in [5.41, 5.74) is 0.370. The summed E-state index contributed by atoms with van der Waals surface area (Å²) in [5.74, 6) is -0.759. The van der Waals surface area contributed by atoms with Crippen LogP contribution in [0.2, 0.25) is 5.02 Å². The number of benzene rings is 1. The fourth-order valence-corrected chi connectivity index (χ4v) is 2.87. The zero-order chi connectivity index (χ0) is 15.0. The van der Waals surface area contributed by atoms with E-state index in [0.717, 1.165) is 24.5 Å². The lowest BCUT2D eigenvalue weighted by molar-refractivity contribution is 0.599. The van der Waals surface area contributed by atoms with E-state index in [9.17, 15) is 12.8 Å². The third-order valence-electron chi connectivity index (χ3n) is 2.55. The second kappa shape index (κ2) is 4.90. The summed E-state index contributed by atoms with van der Waals surface area (Å²) in [6, 6.07) is 3.05. The number of aromatic amines is 1. The number of anilines is 1. The van der Waals surface area contributed by atoms with Gasteiger partial charge in [-0.15, -0.1) is 5.10 Å². The number of aromatic nitrogens is 5. The van der Waals surface area contributed by atoms with Crippen LogP contribution in [0.5, 0.6) is 0 Å². The molecule has 0 fully saturated rings. The smallest absolute Gasteiger partial charge is 0.261 e. The van der Waals surface area contributed by atoms with Crippen molar-refractivity contribution in [3.63, 3.8) is 0 Å². The number of hydrogen-bond donors (Lipinski definition) is 2. The van der Waals surface area contributed by atoms with Gasteiger partial charge in [0, 0.05) is 0 Å². The van der Waals surface area contributed by atoms with Crippen molar-refractivity contribution in [2.45, 2.75) is 4.90 Å². The number of hydrogen-bond acceptors (Lipinski definition) is 6. The average Bonchev–Trinajstić information content (AvgIpc) is 2.91. The van der Waals surface area contributed by atoms with Gasteiger partial charge in [-0.2, -0.15) is 10.3 Å². The Balaban J connectivity index is 2.03. The van der Waals surface area contributed by atoms with E-state index >= 15 is 0 Å². The quantitative estimate of drug-likeness (QED) is 0.750. The van der Waals surface area contributed by atoms with E-state index < -0.39 is 15.8 Å². The highest BCUT2D eigenvalue weighted by atomic mass is 35.5. The number of fused-ring (bicyclic) bond motifs is 1. The molecule has 0 saturated carbocycles. The number of H-pyrrole nitrogens is 1. The molecule has 0 aliphatic rings. The minimum atomic E-state index is -4.00. The lowest BCUT2D eigenvalue weighted by Crippen LogP contribution is -2.14. The zero-order valence-corrected chi connectivity index (χ0v) is 11.7. The Morgan fingerprint density at radius 2 is 2.05 bits per heavy atom. The molecule has 0 saturated heterocycles. The molecule has 8 nitrogen and oxygen atoms in total. The maximum atomic E-state index is 13.1. The SMILES string of the molecule is O=S(=O)(Nc1ncnc2n[nH]nc12)c1ccc(F)c(Cl)c1. The van der Waals surface area contributed by atoms with Crippen molar-refractivity contribution in [1.29, 1.82) is 0 Å². The lowest BCUT2D eigenvalue weighted by Gasteiger charge is -2.07. The van der Waals surface area contributed by atoms with Gasteiger partial charge < -0.3 is 0 Å². The summed E-state index contributed by atoms with van der Waals surface area (Å²) in [7, 11) is -4.00. The number of nitrogens with one attached hydrogen (secondary N) is 2. The molecule has 2 N–H and O–H groups in total. The van der Waals surface area contributed by atoms with Gasteiger partial charge in [0.1, 0.15) is 12.1 Å². The molecule has 0 atom stereocenters. The fraction of sp³-hybridized carbons (Fsp3) is 0. The van der Waals surface area contributed by atoms with E-state index in [4.69, 9.17) is 11.6 Å².